The van der Waals surface area contributed by atoms with Crippen LogP contribution in [0.4, 0.5) is 0 Å². The number of ether oxygens (including phenoxy) is 2. The number of halogens is 1. The average Bonchev–Trinajstić information content (AvgIpc) is 2.47. The third-order valence-electron chi connectivity index (χ3n) is 3.73. The Hall–Kier alpha value is -0.970. The van der Waals surface area contributed by atoms with Gasteiger partial charge in [0.1, 0.15) is 0 Å². The van der Waals surface area contributed by atoms with Crippen molar-refractivity contribution in [2.45, 2.75) is 19.4 Å². The molecular weight excluding hydrogens is 276 g/mol. The van der Waals surface area contributed by atoms with E-state index in [1.807, 2.05) is 6.07 Å². The lowest BCUT2D eigenvalue weighted by atomic mass is 9.98. The molecule has 0 aromatic heterocycles. The molecule has 0 amide bonds. The van der Waals surface area contributed by atoms with Gasteiger partial charge in [-0.2, -0.15) is 0 Å². The number of nitrogens with one attached hydrogen (secondary N) is 2. The van der Waals surface area contributed by atoms with E-state index in [1.54, 1.807) is 20.3 Å². The number of benzene rings is 1. The zero-order valence-corrected chi connectivity index (χ0v) is 12.9. The van der Waals surface area contributed by atoms with E-state index in [-0.39, 0.29) is 0 Å². The molecule has 0 radical (unpaired) electrons. The van der Waals surface area contributed by atoms with Gasteiger partial charge in [-0.1, -0.05) is 11.6 Å². The molecule has 1 aliphatic heterocycles. The Morgan fingerprint density at radius 2 is 2.00 bits per heavy atom. The van der Waals surface area contributed by atoms with E-state index >= 15 is 0 Å². The Labute approximate surface area is 125 Å². The van der Waals surface area contributed by atoms with E-state index in [9.17, 15) is 0 Å². The Balaban J connectivity index is 1.95. The van der Waals surface area contributed by atoms with Gasteiger partial charge in [-0.15, -0.1) is 0 Å². The minimum atomic E-state index is 0.668. The molecule has 4 nitrogen and oxygen atoms in total. The molecule has 2 N–H and O–H groups in total. The molecule has 0 spiro atoms. The summed E-state index contributed by atoms with van der Waals surface area (Å²) in [7, 11) is 3.28. The summed E-state index contributed by atoms with van der Waals surface area (Å²) in [6, 6.07) is 3.70. The molecule has 2 rings (SSSR count). The first-order valence-corrected chi connectivity index (χ1v) is 7.44. The Bertz CT molecular complexity index is 434. The van der Waals surface area contributed by atoms with Crippen LogP contribution in [0, 0.1) is 5.92 Å². The van der Waals surface area contributed by atoms with Gasteiger partial charge in [0.25, 0.3) is 0 Å². The van der Waals surface area contributed by atoms with Gasteiger partial charge in [0.15, 0.2) is 11.5 Å². The summed E-state index contributed by atoms with van der Waals surface area (Å²) < 4.78 is 10.7. The third-order valence-corrected chi connectivity index (χ3v) is 3.95. The quantitative estimate of drug-likeness (QED) is 0.846. The molecule has 5 heteroatoms. The van der Waals surface area contributed by atoms with Crippen LogP contribution < -0.4 is 20.1 Å². The number of methoxy groups -OCH3 is 2. The molecule has 1 heterocycles. The highest BCUT2D eigenvalue weighted by Gasteiger charge is 2.14. The van der Waals surface area contributed by atoms with E-state index in [0.717, 1.165) is 43.4 Å². The van der Waals surface area contributed by atoms with Crippen LogP contribution in [0.5, 0.6) is 11.5 Å². The molecule has 1 aliphatic rings. The predicted molar refractivity (Wildman–Crippen MR) is 81.9 cm³/mol. The van der Waals surface area contributed by atoms with Crippen molar-refractivity contribution in [3.05, 3.63) is 22.7 Å². The number of hydrogen-bond donors (Lipinski definition) is 2. The molecule has 20 heavy (non-hydrogen) atoms. The van der Waals surface area contributed by atoms with Crippen molar-refractivity contribution in [3.63, 3.8) is 0 Å². The second-order valence-corrected chi connectivity index (χ2v) is 5.56. The van der Waals surface area contributed by atoms with Gasteiger partial charge >= 0.3 is 0 Å². The largest absolute Gasteiger partial charge is 0.493 e. The van der Waals surface area contributed by atoms with Gasteiger partial charge in [-0.05, 0) is 44.5 Å². The highest BCUT2D eigenvalue weighted by molar-refractivity contribution is 6.30. The first kappa shape index (κ1) is 15.4. The van der Waals surface area contributed by atoms with Gasteiger partial charge in [0.05, 0.1) is 14.2 Å². The first-order valence-electron chi connectivity index (χ1n) is 7.06. The van der Waals surface area contributed by atoms with Crippen molar-refractivity contribution < 1.29 is 9.47 Å². The lowest BCUT2D eigenvalue weighted by Gasteiger charge is -2.23. The van der Waals surface area contributed by atoms with Crippen molar-refractivity contribution in [3.8, 4) is 11.5 Å². The van der Waals surface area contributed by atoms with Crippen LogP contribution in [0.3, 0.4) is 0 Å². The smallest absolute Gasteiger partial charge is 0.165 e. The van der Waals surface area contributed by atoms with E-state index in [0.29, 0.717) is 10.8 Å². The van der Waals surface area contributed by atoms with E-state index in [4.69, 9.17) is 21.1 Å². The van der Waals surface area contributed by atoms with Crippen molar-refractivity contribution in [1.82, 2.24) is 10.6 Å². The molecule has 0 saturated carbocycles. The lowest BCUT2D eigenvalue weighted by Crippen LogP contribution is -2.33. The normalized spacial score (nSPS) is 16.1. The van der Waals surface area contributed by atoms with E-state index < -0.39 is 0 Å². The second kappa shape index (κ2) is 7.72. The average molecular weight is 299 g/mol. The maximum Gasteiger partial charge on any atom is 0.165 e. The molecule has 1 aromatic rings. The van der Waals surface area contributed by atoms with E-state index in [2.05, 4.69) is 10.6 Å². The van der Waals surface area contributed by atoms with Crippen LogP contribution >= 0.6 is 11.6 Å². The minimum Gasteiger partial charge on any atom is -0.493 e. The fraction of sp³-hybridized carbons (Fsp3) is 0.600. The fourth-order valence-corrected chi connectivity index (χ4v) is 2.86. The fourth-order valence-electron chi connectivity index (χ4n) is 2.63. The van der Waals surface area contributed by atoms with Crippen LogP contribution in [0.25, 0.3) is 0 Å². The second-order valence-electron chi connectivity index (χ2n) is 5.12. The van der Waals surface area contributed by atoms with Crippen LogP contribution in [-0.2, 0) is 6.54 Å². The molecule has 1 aromatic carbocycles. The summed E-state index contributed by atoms with van der Waals surface area (Å²) >= 11 is 6.11. The third kappa shape index (κ3) is 4.01. The molecule has 0 bridgehead atoms. The predicted octanol–water partition coefficient (Wildman–Crippen LogP) is 2.45. The van der Waals surface area contributed by atoms with Gasteiger partial charge < -0.3 is 20.1 Å². The molecule has 0 aliphatic carbocycles. The van der Waals surface area contributed by atoms with Gasteiger partial charge in [-0.3, -0.25) is 0 Å². The first-order chi connectivity index (χ1) is 9.74. The van der Waals surface area contributed by atoms with Crippen molar-refractivity contribution in [2.75, 3.05) is 33.9 Å². The summed E-state index contributed by atoms with van der Waals surface area (Å²) in [6.07, 6.45) is 2.48. The van der Waals surface area contributed by atoms with Crippen molar-refractivity contribution >= 4 is 11.6 Å². The summed E-state index contributed by atoms with van der Waals surface area (Å²) in [5, 5.41) is 7.55. The zero-order valence-electron chi connectivity index (χ0n) is 12.2. The molecule has 0 unspecified atom stereocenters. The summed E-state index contributed by atoms with van der Waals surface area (Å²) in [5.41, 5.74) is 1.03. The van der Waals surface area contributed by atoms with Crippen molar-refractivity contribution in [2.24, 2.45) is 5.92 Å². The van der Waals surface area contributed by atoms with Gasteiger partial charge in [-0.25, -0.2) is 0 Å². The SMILES string of the molecule is COc1cc(Cl)cc(CNCC2CCNCC2)c1OC. The molecule has 0 atom stereocenters. The molecule has 1 fully saturated rings. The van der Waals surface area contributed by atoms with Gasteiger partial charge in [0, 0.05) is 23.2 Å². The Morgan fingerprint density at radius 3 is 2.65 bits per heavy atom. The highest BCUT2D eigenvalue weighted by atomic mass is 35.5. The summed E-state index contributed by atoms with van der Waals surface area (Å²) in [4.78, 5) is 0. The summed E-state index contributed by atoms with van der Waals surface area (Å²) in [5.74, 6) is 2.19. The summed E-state index contributed by atoms with van der Waals surface area (Å²) in [6.45, 7) is 4.02. The van der Waals surface area contributed by atoms with Crippen LogP contribution in [0.2, 0.25) is 5.02 Å². The number of rotatable bonds is 6. The van der Waals surface area contributed by atoms with Gasteiger partial charge in [0.2, 0.25) is 0 Å². The molecule has 112 valence electrons. The number of piperidine rings is 1. The Morgan fingerprint density at radius 1 is 1.25 bits per heavy atom. The minimum absolute atomic E-state index is 0.668. The number of hydrogen-bond acceptors (Lipinski definition) is 4. The monoisotopic (exact) mass is 298 g/mol. The molecular formula is C15H23ClN2O2. The zero-order chi connectivity index (χ0) is 14.4. The maximum atomic E-state index is 6.11. The van der Waals surface area contributed by atoms with Crippen molar-refractivity contribution in [1.29, 1.82) is 0 Å². The standard InChI is InChI=1S/C15H23ClN2O2/c1-19-14-8-13(16)7-12(15(14)20-2)10-18-9-11-3-5-17-6-4-11/h7-8,11,17-18H,3-6,9-10H2,1-2H3. The molecule has 1 saturated heterocycles. The topological polar surface area (TPSA) is 42.5 Å². The van der Waals surface area contributed by atoms with Crippen LogP contribution in [0.1, 0.15) is 18.4 Å². The van der Waals surface area contributed by atoms with Crippen LogP contribution in [0.15, 0.2) is 12.1 Å². The lowest BCUT2D eigenvalue weighted by molar-refractivity contribution is 0.343. The Kier molecular flexibility index (Phi) is 5.95. The maximum absolute atomic E-state index is 6.11. The van der Waals surface area contributed by atoms with E-state index in [1.165, 1.54) is 12.8 Å². The van der Waals surface area contributed by atoms with Crippen LogP contribution in [-0.4, -0.2) is 33.9 Å². The highest BCUT2D eigenvalue weighted by Crippen LogP contribution is 2.34.